The minimum Gasteiger partial charge on any atom is -0.411 e. The van der Waals surface area contributed by atoms with Gasteiger partial charge in [0.2, 0.25) is 17.7 Å². The standard InChI is InChI=1S/C17H20N4O3S/c1-12-4-3-5-14(10-12)16-18-19-17(24-16)25-11-15(23)21-8-6-20(7-9-21)13(2)22/h3-5,10H,6-9,11H2,1-2H3. The second kappa shape index (κ2) is 7.69. The van der Waals surface area contributed by atoms with Gasteiger partial charge in [-0.25, -0.2) is 0 Å². The Kier molecular flexibility index (Phi) is 5.37. The summed E-state index contributed by atoms with van der Waals surface area (Å²) in [6, 6.07) is 7.82. The Morgan fingerprint density at radius 1 is 1.16 bits per heavy atom. The van der Waals surface area contributed by atoms with E-state index in [-0.39, 0.29) is 17.6 Å². The van der Waals surface area contributed by atoms with Gasteiger partial charge in [-0.2, -0.15) is 0 Å². The molecule has 0 bridgehead atoms. The first-order chi connectivity index (χ1) is 12.0. The molecular formula is C17H20N4O3S. The highest BCUT2D eigenvalue weighted by molar-refractivity contribution is 7.99. The molecule has 1 fully saturated rings. The minimum atomic E-state index is 0.0171. The molecule has 0 unspecified atom stereocenters. The zero-order chi connectivity index (χ0) is 17.8. The molecule has 1 aromatic heterocycles. The second-order valence-corrected chi connectivity index (χ2v) is 6.84. The van der Waals surface area contributed by atoms with Gasteiger partial charge < -0.3 is 14.2 Å². The maximum atomic E-state index is 12.3. The van der Waals surface area contributed by atoms with Gasteiger partial charge in [-0.1, -0.05) is 29.5 Å². The van der Waals surface area contributed by atoms with Gasteiger partial charge in [-0.15, -0.1) is 10.2 Å². The van der Waals surface area contributed by atoms with Crippen molar-refractivity contribution < 1.29 is 14.0 Å². The Balaban J connectivity index is 1.52. The van der Waals surface area contributed by atoms with E-state index in [1.165, 1.54) is 11.8 Å². The van der Waals surface area contributed by atoms with Crippen LogP contribution in [0, 0.1) is 6.92 Å². The molecular weight excluding hydrogens is 340 g/mol. The first-order valence-corrected chi connectivity index (χ1v) is 9.08. The van der Waals surface area contributed by atoms with E-state index < -0.39 is 0 Å². The number of thioether (sulfide) groups is 1. The molecule has 3 rings (SSSR count). The molecule has 2 amide bonds. The summed E-state index contributed by atoms with van der Waals surface area (Å²) in [5.41, 5.74) is 1.98. The molecule has 0 aliphatic carbocycles. The van der Waals surface area contributed by atoms with E-state index in [4.69, 9.17) is 4.42 Å². The van der Waals surface area contributed by atoms with E-state index in [0.29, 0.717) is 37.3 Å². The minimum absolute atomic E-state index is 0.0171. The predicted octanol–water partition coefficient (Wildman–Crippen LogP) is 1.83. The lowest BCUT2D eigenvalue weighted by Crippen LogP contribution is -2.50. The summed E-state index contributed by atoms with van der Waals surface area (Å²) in [5, 5.41) is 8.42. The van der Waals surface area contributed by atoms with Crippen molar-refractivity contribution in [2.45, 2.75) is 19.1 Å². The smallest absolute Gasteiger partial charge is 0.277 e. The van der Waals surface area contributed by atoms with Gasteiger partial charge in [0.1, 0.15) is 0 Å². The molecule has 0 spiro atoms. The predicted molar refractivity (Wildman–Crippen MR) is 94.0 cm³/mol. The third-order valence-electron chi connectivity index (χ3n) is 4.07. The molecule has 0 radical (unpaired) electrons. The van der Waals surface area contributed by atoms with Crippen LogP contribution in [-0.4, -0.2) is 63.7 Å². The molecule has 7 nitrogen and oxygen atoms in total. The van der Waals surface area contributed by atoms with Gasteiger partial charge in [-0.3, -0.25) is 9.59 Å². The maximum absolute atomic E-state index is 12.3. The summed E-state index contributed by atoms with van der Waals surface area (Å²) >= 11 is 1.24. The summed E-state index contributed by atoms with van der Waals surface area (Å²) in [5.74, 6) is 0.767. The normalized spacial score (nSPS) is 14.6. The van der Waals surface area contributed by atoms with Crippen molar-refractivity contribution in [3.63, 3.8) is 0 Å². The number of benzene rings is 1. The summed E-state index contributed by atoms with van der Waals surface area (Å²) in [7, 11) is 0. The van der Waals surface area contributed by atoms with E-state index in [1.54, 1.807) is 16.7 Å². The van der Waals surface area contributed by atoms with Crippen LogP contribution in [0.5, 0.6) is 0 Å². The first kappa shape index (κ1) is 17.5. The summed E-state index contributed by atoms with van der Waals surface area (Å²) in [4.78, 5) is 27.1. The molecule has 132 valence electrons. The van der Waals surface area contributed by atoms with E-state index in [2.05, 4.69) is 10.2 Å². The third-order valence-corrected chi connectivity index (χ3v) is 4.87. The van der Waals surface area contributed by atoms with Crippen LogP contribution in [0.2, 0.25) is 0 Å². The third kappa shape index (κ3) is 4.39. The topological polar surface area (TPSA) is 79.5 Å². The Hall–Kier alpha value is -2.35. The molecule has 8 heteroatoms. The number of nitrogens with zero attached hydrogens (tertiary/aromatic N) is 4. The van der Waals surface area contributed by atoms with E-state index in [1.807, 2.05) is 31.2 Å². The fourth-order valence-electron chi connectivity index (χ4n) is 2.65. The van der Waals surface area contributed by atoms with E-state index in [0.717, 1.165) is 11.1 Å². The van der Waals surface area contributed by atoms with Crippen molar-refractivity contribution in [1.82, 2.24) is 20.0 Å². The SMILES string of the molecule is CC(=O)N1CCN(C(=O)CSc2nnc(-c3cccc(C)c3)o2)CC1. The van der Waals surface area contributed by atoms with Gasteiger partial charge >= 0.3 is 0 Å². The van der Waals surface area contributed by atoms with Gasteiger partial charge in [0.15, 0.2) is 0 Å². The number of aryl methyl sites for hydroxylation is 1. The Bertz CT molecular complexity index is 769. The number of carbonyl (C=O) groups excluding carboxylic acids is 2. The second-order valence-electron chi connectivity index (χ2n) is 5.92. The maximum Gasteiger partial charge on any atom is 0.277 e. The average Bonchev–Trinajstić information content (AvgIpc) is 3.09. The molecule has 1 aliphatic heterocycles. The van der Waals surface area contributed by atoms with Crippen LogP contribution in [-0.2, 0) is 9.59 Å². The van der Waals surface area contributed by atoms with Crippen LogP contribution in [0.3, 0.4) is 0 Å². The average molecular weight is 360 g/mol. The molecule has 0 N–H and O–H groups in total. The number of hydrogen-bond acceptors (Lipinski definition) is 6. The highest BCUT2D eigenvalue weighted by atomic mass is 32.2. The number of amides is 2. The number of aromatic nitrogens is 2. The lowest BCUT2D eigenvalue weighted by Gasteiger charge is -2.34. The number of hydrogen-bond donors (Lipinski definition) is 0. The molecule has 0 atom stereocenters. The summed E-state index contributed by atoms with van der Waals surface area (Å²) in [6.45, 7) is 5.86. The zero-order valence-electron chi connectivity index (χ0n) is 14.3. The fourth-order valence-corrected chi connectivity index (χ4v) is 3.31. The monoisotopic (exact) mass is 360 g/mol. The van der Waals surface area contributed by atoms with Gasteiger partial charge in [0.05, 0.1) is 5.75 Å². The Morgan fingerprint density at radius 3 is 2.56 bits per heavy atom. The van der Waals surface area contributed by atoms with Gasteiger partial charge in [-0.05, 0) is 19.1 Å². The van der Waals surface area contributed by atoms with Crippen LogP contribution in [0.15, 0.2) is 33.9 Å². The summed E-state index contributed by atoms with van der Waals surface area (Å²) in [6.07, 6.45) is 0. The molecule has 2 aromatic rings. The van der Waals surface area contributed by atoms with Crippen LogP contribution < -0.4 is 0 Å². The number of piperazine rings is 1. The van der Waals surface area contributed by atoms with Gasteiger partial charge in [0.25, 0.3) is 5.22 Å². The van der Waals surface area contributed by atoms with Crippen molar-refractivity contribution in [3.05, 3.63) is 29.8 Å². The van der Waals surface area contributed by atoms with Crippen LogP contribution in [0.1, 0.15) is 12.5 Å². The van der Waals surface area contributed by atoms with Gasteiger partial charge in [0, 0.05) is 38.7 Å². The highest BCUT2D eigenvalue weighted by Crippen LogP contribution is 2.24. The molecule has 0 saturated carbocycles. The largest absolute Gasteiger partial charge is 0.411 e. The Morgan fingerprint density at radius 2 is 1.88 bits per heavy atom. The molecule has 2 heterocycles. The number of carbonyl (C=O) groups is 2. The molecule has 1 saturated heterocycles. The highest BCUT2D eigenvalue weighted by Gasteiger charge is 2.22. The number of rotatable bonds is 4. The van der Waals surface area contributed by atoms with Crippen molar-refractivity contribution in [3.8, 4) is 11.5 Å². The van der Waals surface area contributed by atoms with Crippen LogP contribution in [0.4, 0.5) is 0 Å². The molecule has 1 aliphatic rings. The van der Waals surface area contributed by atoms with Crippen LogP contribution in [0.25, 0.3) is 11.5 Å². The van der Waals surface area contributed by atoms with E-state index in [9.17, 15) is 9.59 Å². The Labute approximate surface area is 150 Å². The lowest BCUT2D eigenvalue weighted by atomic mass is 10.1. The zero-order valence-corrected chi connectivity index (χ0v) is 15.1. The van der Waals surface area contributed by atoms with Crippen molar-refractivity contribution in [2.75, 3.05) is 31.9 Å². The van der Waals surface area contributed by atoms with Crippen molar-refractivity contribution >= 4 is 23.6 Å². The lowest BCUT2D eigenvalue weighted by molar-refractivity contribution is -0.136. The fraction of sp³-hybridized carbons (Fsp3) is 0.412. The van der Waals surface area contributed by atoms with E-state index >= 15 is 0 Å². The molecule has 1 aromatic carbocycles. The first-order valence-electron chi connectivity index (χ1n) is 8.09. The summed E-state index contributed by atoms with van der Waals surface area (Å²) < 4.78 is 5.63. The van der Waals surface area contributed by atoms with Crippen molar-refractivity contribution in [2.24, 2.45) is 0 Å². The molecule has 25 heavy (non-hydrogen) atoms. The van der Waals surface area contributed by atoms with Crippen molar-refractivity contribution in [1.29, 1.82) is 0 Å². The van der Waals surface area contributed by atoms with Crippen LogP contribution >= 0.6 is 11.8 Å². The quantitative estimate of drug-likeness (QED) is 0.774.